The molecule has 6 heteroatoms. The van der Waals surface area contributed by atoms with E-state index in [0.29, 0.717) is 24.1 Å². The summed E-state index contributed by atoms with van der Waals surface area (Å²) in [4.78, 5) is 22.8. The Bertz CT molecular complexity index is 704. The summed E-state index contributed by atoms with van der Waals surface area (Å²) in [5.74, 6) is -0.393. The highest BCUT2D eigenvalue weighted by atomic mass is 19.1. The maximum atomic E-state index is 13.8. The van der Waals surface area contributed by atoms with Crippen LogP contribution < -0.4 is 5.73 Å². The summed E-state index contributed by atoms with van der Waals surface area (Å²) in [6.07, 6.45) is 4.93. The molecule has 1 amide bonds. The first-order valence-electron chi connectivity index (χ1n) is 7.51. The third-order valence-corrected chi connectivity index (χ3v) is 4.26. The van der Waals surface area contributed by atoms with E-state index in [1.54, 1.807) is 4.90 Å². The molecule has 1 aliphatic rings. The zero-order valence-corrected chi connectivity index (χ0v) is 12.5. The van der Waals surface area contributed by atoms with Gasteiger partial charge in [0.05, 0.1) is 11.1 Å². The minimum Gasteiger partial charge on any atom is -0.338 e. The number of hydrogen-bond donors (Lipinski definition) is 1. The quantitative estimate of drug-likeness (QED) is 0.920. The first-order valence-corrected chi connectivity index (χ1v) is 7.51. The van der Waals surface area contributed by atoms with Crippen molar-refractivity contribution < 1.29 is 9.18 Å². The average Bonchev–Trinajstić information content (AvgIpc) is 2.53. The van der Waals surface area contributed by atoms with E-state index in [-0.39, 0.29) is 23.4 Å². The predicted molar refractivity (Wildman–Crippen MR) is 81.8 cm³/mol. The Morgan fingerprint density at radius 2 is 2.18 bits per heavy atom. The molecule has 116 valence electrons. The molecule has 3 rings (SSSR count). The van der Waals surface area contributed by atoms with Gasteiger partial charge < -0.3 is 10.6 Å². The molecule has 0 unspecified atom stereocenters. The van der Waals surface area contributed by atoms with Crippen LogP contribution in [0.5, 0.6) is 0 Å². The van der Waals surface area contributed by atoms with Crippen molar-refractivity contribution in [2.24, 2.45) is 11.7 Å². The van der Waals surface area contributed by atoms with E-state index < -0.39 is 5.82 Å². The van der Waals surface area contributed by atoms with Crippen LogP contribution in [0.1, 0.15) is 30.1 Å². The van der Waals surface area contributed by atoms with Crippen LogP contribution >= 0.6 is 0 Å². The average molecular weight is 302 g/mol. The number of nitrogens with zero attached hydrogens (tertiary/aromatic N) is 3. The summed E-state index contributed by atoms with van der Waals surface area (Å²) in [5, 5.41) is 0. The molecule has 1 aliphatic heterocycles. The smallest absolute Gasteiger partial charge is 0.256 e. The van der Waals surface area contributed by atoms with Crippen molar-refractivity contribution in [2.75, 3.05) is 13.1 Å². The van der Waals surface area contributed by atoms with E-state index in [9.17, 15) is 9.18 Å². The number of halogens is 1. The van der Waals surface area contributed by atoms with Crippen LogP contribution in [0.4, 0.5) is 4.39 Å². The maximum absolute atomic E-state index is 13.8. The maximum Gasteiger partial charge on any atom is 0.256 e. The van der Waals surface area contributed by atoms with Gasteiger partial charge in [0.15, 0.2) is 0 Å². The fourth-order valence-electron chi connectivity index (χ4n) is 3.00. The van der Waals surface area contributed by atoms with Crippen molar-refractivity contribution in [3.8, 4) is 0 Å². The Kier molecular flexibility index (Phi) is 4.02. The first kappa shape index (κ1) is 14.8. The lowest BCUT2D eigenvalue weighted by atomic mass is 9.92. The number of likely N-dealkylation sites (tertiary alicyclic amines) is 1. The third kappa shape index (κ3) is 2.78. The molecule has 0 radical (unpaired) electrons. The van der Waals surface area contributed by atoms with E-state index in [0.717, 1.165) is 12.8 Å². The normalized spacial score (nSPS) is 20.1. The molecule has 0 aliphatic carbocycles. The molecule has 2 atom stereocenters. The molecule has 0 spiro atoms. The van der Waals surface area contributed by atoms with Crippen LogP contribution in [0.25, 0.3) is 11.0 Å². The van der Waals surface area contributed by atoms with Gasteiger partial charge in [-0.15, -0.1) is 0 Å². The molecular formula is C16H19FN4O. The number of rotatable bonds is 2. The topological polar surface area (TPSA) is 72.1 Å². The highest BCUT2D eigenvalue weighted by Gasteiger charge is 2.28. The molecule has 1 aromatic heterocycles. The molecule has 0 bridgehead atoms. The standard InChI is InChI=1S/C16H19FN4O/c1-10(18)11-3-2-6-21(9-11)16(22)13-7-12(17)8-14-15(13)20-5-4-19-14/h4-5,7-8,10-11H,2-3,6,9,18H2,1H3/t10-,11-/m0/s1. The predicted octanol–water partition coefficient (Wildman–Crippen LogP) is 1.97. The van der Waals surface area contributed by atoms with Gasteiger partial charge >= 0.3 is 0 Å². The number of fused-ring (bicyclic) bond motifs is 1. The van der Waals surface area contributed by atoms with E-state index >= 15 is 0 Å². The van der Waals surface area contributed by atoms with Crippen molar-refractivity contribution in [3.05, 3.63) is 35.9 Å². The molecule has 5 nitrogen and oxygen atoms in total. The second-order valence-electron chi connectivity index (χ2n) is 5.89. The minimum absolute atomic E-state index is 0.0413. The molecule has 2 N–H and O–H groups in total. The summed E-state index contributed by atoms with van der Waals surface area (Å²) >= 11 is 0. The molecule has 1 aromatic carbocycles. The zero-order valence-electron chi connectivity index (χ0n) is 12.5. The molecule has 22 heavy (non-hydrogen) atoms. The Balaban J connectivity index is 1.95. The van der Waals surface area contributed by atoms with Gasteiger partial charge in [-0.1, -0.05) is 0 Å². The Labute approximate surface area is 128 Å². The lowest BCUT2D eigenvalue weighted by molar-refractivity contribution is 0.0662. The Morgan fingerprint density at radius 1 is 1.41 bits per heavy atom. The molecule has 1 fully saturated rings. The van der Waals surface area contributed by atoms with Gasteiger partial charge in [0.2, 0.25) is 0 Å². The van der Waals surface area contributed by atoms with Crippen LogP contribution in [0, 0.1) is 11.7 Å². The van der Waals surface area contributed by atoms with Gasteiger partial charge in [0, 0.05) is 37.6 Å². The van der Waals surface area contributed by atoms with Crippen molar-refractivity contribution >= 4 is 16.9 Å². The van der Waals surface area contributed by atoms with Gasteiger partial charge in [-0.2, -0.15) is 0 Å². The molecule has 2 aromatic rings. The first-order chi connectivity index (χ1) is 10.6. The third-order valence-electron chi connectivity index (χ3n) is 4.26. The summed E-state index contributed by atoms with van der Waals surface area (Å²) < 4.78 is 13.8. The van der Waals surface area contributed by atoms with Gasteiger partial charge in [-0.05, 0) is 31.7 Å². The van der Waals surface area contributed by atoms with Crippen LogP contribution in [-0.2, 0) is 0 Å². The zero-order chi connectivity index (χ0) is 15.7. The number of aromatic nitrogens is 2. The number of benzene rings is 1. The monoisotopic (exact) mass is 302 g/mol. The van der Waals surface area contributed by atoms with Gasteiger partial charge in [-0.3, -0.25) is 14.8 Å². The Morgan fingerprint density at radius 3 is 2.95 bits per heavy atom. The van der Waals surface area contributed by atoms with Crippen molar-refractivity contribution in [1.82, 2.24) is 14.9 Å². The molecule has 0 saturated carbocycles. The largest absolute Gasteiger partial charge is 0.338 e. The number of carbonyl (C=O) groups excluding carboxylic acids is 1. The number of piperidine rings is 1. The van der Waals surface area contributed by atoms with Crippen molar-refractivity contribution in [2.45, 2.75) is 25.8 Å². The lowest BCUT2D eigenvalue weighted by Crippen LogP contribution is -2.45. The van der Waals surface area contributed by atoms with E-state index in [4.69, 9.17) is 5.73 Å². The van der Waals surface area contributed by atoms with Crippen LogP contribution in [-0.4, -0.2) is 39.9 Å². The van der Waals surface area contributed by atoms with Crippen molar-refractivity contribution in [1.29, 1.82) is 0 Å². The summed E-state index contributed by atoms with van der Waals surface area (Å²) in [5.41, 5.74) is 7.07. The number of nitrogens with two attached hydrogens (primary N) is 1. The minimum atomic E-state index is -0.475. The summed E-state index contributed by atoms with van der Waals surface area (Å²) in [7, 11) is 0. The number of hydrogen-bond acceptors (Lipinski definition) is 4. The summed E-state index contributed by atoms with van der Waals surface area (Å²) in [6, 6.07) is 2.58. The highest BCUT2D eigenvalue weighted by Crippen LogP contribution is 2.23. The second kappa shape index (κ2) is 5.96. The second-order valence-corrected chi connectivity index (χ2v) is 5.89. The SMILES string of the molecule is C[C@H](N)[C@H]1CCCN(C(=O)c2cc(F)cc3nccnc23)C1. The highest BCUT2D eigenvalue weighted by molar-refractivity contribution is 6.04. The van der Waals surface area contributed by atoms with E-state index in [1.807, 2.05) is 6.92 Å². The molecule has 1 saturated heterocycles. The summed E-state index contributed by atoms with van der Waals surface area (Å²) in [6.45, 7) is 3.23. The van der Waals surface area contributed by atoms with Gasteiger partial charge in [-0.25, -0.2) is 4.39 Å². The molecule has 2 heterocycles. The fourth-order valence-corrected chi connectivity index (χ4v) is 3.00. The Hall–Kier alpha value is -2.08. The molecular weight excluding hydrogens is 283 g/mol. The van der Waals surface area contributed by atoms with Crippen LogP contribution in [0.15, 0.2) is 24.5 Å². The fraction of sp³-hybridized carbons (Fsp3) is 0.438. The van der Waals surface area contributed by atoms with Crippen LogP contribution in [0.3, 0.4) is 0 Å². The number of carbonyl (C=O) groups is 1. The lowest BCUT2D eigenvalue weighted by Gasteiger charge is -2.34. The van der Waals surface area contributed by atoms with Gasteiger partial charge in [0.1, 0.15) is 11.3 Å². The van der Waals surface area contributed by atoms with Crippen molar-refractivity contribution in [3.63, 3.8) is 0 Å². The number of amides is 1. The van der Waals surface area contributed by atoms with Gasteiger partial charge in [0.25, 0.3) is 5.91 Å². The van der Waals surface area contributed by atoms with Crippen LogP contribution in [0.2, 0.25) is 0 Å². The van der Waals surface area contributed by atoms with E-state index in [1.165, 1.54) is 24.5 Å². The van der Waals surface area contributed by atoms with E-state index in [2.05, 4.69) is 9.97 Å².